The first-order valence-corrected chi connectivity index (χ1v) is 7.56. The van der Waals surface area contributed by atoms with Crippen molar-refractivity contribution >= 4 is 11.9 Å². The molecule has 0 unspecified atom stereocenters. The van der Waals surface area contributed by atoms with Crippen molar-refractivity contribution in [3.8, 4) is 0 Å². The Morgan fingerprint density at radius 2 is 1.86 bits per heavy atom. The smallest absolute Gasteiger partial charge is 0.338 e. The first kappa shape index (κ1) is 15.5. The van der Waals surface area contributed by atoms with Crippen molar-refractivity contribution in [1.82, 2.24) is 5.32 Å². The Hall–Kier alpha value is -1.84. The summed E-state index contributed by atoms with van der Waals surface area (Å²) in [6, 6.07) is 5.64. The lowest BCUT2D eigenvalue weighted by atomic mass is 10.1. The average Bonchev–Trinajstić information content (AvgIpc) is 2.94. The molecule has 0 aromatic heterocycles. The fraction of sp³-hybridized carbons (Fsp3) is 0.529. The Labute approximate surface area is 125 Å². The Morgan fingerprint density at radius 1 is 1.19 bits per heavy atom. The summed E-state index contributed by atoms with van der Waals surface area (Å²) in [4.78, 5) is 24.1. The van der Waals surface area contributed by atoms with Gasteiger partial charge in [-0.05, 0) is 56.9 Å². The van der Waals surface area contributed by atoms with Crippen molar-refractivity contribution < 1.29 is 14.3 Å². The van der Waals surface area contributed by atoms with Crippen LogP contribution in [0.3, 0.4) is 0 Å². The van der Waals surface area contributed by atoms with Crippen LogP contribution in [0.15, 0.2) is 18.2 Å². The van der Waals surface area contributed by atoms with Crippen molar-refractivity contribution in [3.05, 3.63) is 34.9 Å². The van der Waals surface area contributed by atoms with Gasteiger partial charge in [0, 0.05) is 6.04 Å². The van der Waals surface area contributed by atoms with Crippen LogP contribution >= 0.6 is 0 Å². The van der Waals surface area contributed by atoms with E-state index in [1.165, 1.54) is 0 Å². The summed E-state index contributed by atoms with van der Waals surface area (Å²) in [5.41, 5.74) is 2.64. The topological polar surface area (TPSA) is 55.4 Å². The van der Waals surface area contributed by atoms with E-state index in [4.69, 9.17) is 4.74 Å². The van der Waals surface area contributed by atoms with Crippen molar-refractivity contribution in [3.63, 3.8) is 0 Å². The van der Waals surface area contributed by atoms with Crippen LogP contribution in [0.2, 0.25) is 0 Å². The number of carbonyl (C=O) groups is 2. The van der Waals surface area contributed by atoms with Crippen LogP contribution in [-0.4, -0.2) is 24.0 Å². The molecule has 1 aromatic rings. The van der Waals surface area contributed by atoms with Gasteiger partial charge < -0.3 is 10.1 Å². The third-order valence-corrected chi connectivity index (χ3v) is 4.10. The number of rotatable bonds is 4. The van der Waals surface area contributed by atoms with Crippen LogP contribution in [0.25, 0.3) is 0 Å². The van der Waals surface area contributed by atoms with Gasteiger partial charge in [-0.3, -0.25) is 4.79 Å². The Morgan fingerprint density at radius 3 is 2.48 bits per heavy atom. The largest absolute Gasteiger partial charge is 0.449 e. The second-order valence-corrected chi connectivity index (χ2v) is 5.84. The number of nitrogens with one attached hydrogen (secondary N) is 1. The highest BCUT2D eigenvalue weighted by atomic mass is 16.5. The monoisotopic (exact) mass is 289 g/mol. The fourth-order valence-corrected chi connectivity index (χ4v) is 2.54. The average molecular weight is 289 g/mol. The third kappa shape index (κ3) is 4.06. The number of hydrogen-bond donors (Lipinski definition) is 1. The number of ether oxygens (including phenoxy) is 1. The number of aryl methyl sites for hydroxylation is 2. The van der Waals surface area contributed by atoms with E-state index in [9.17, 15) is 9.59 Å². The molecule has 0 aliphatic heterocycles. The van der Waals surface area contributed by atoms with Gasteiger partial charge in [-0.15, -0.1) is 0 Å². The highest BCUT2D eigenvalue weighted by molar-refractivity contribution is 5.92. The quantitative estimate of drug-likeness (QED) is 0.867. The summed E-state index contributed by atoms with van der Waals surface area (Å²) in [6.45, 7) is 5.55. The van der Waals surface area contributed by atoms with E-state index in [1.807, 2.05) is 19.9 Å². The molecule has 4 nitrogen and oxygen atoms in total. The van der Waals surface area contributed by atoms with Crippen LogP contribution < -0.4 is 5.32 Å². The van der Waals surface area contributed by atoms with Crippen LogP contribution in [0.1, 0.15) is 54.1 Å². The lowest BCUT2D eigenvalue weighted by Gasteiger charge is -2.17. The molecule has 1 saturated carbocycles. The van der Waals surface area contributed by atoms with Crippen LogP contribution in [-0.2, 0) is 9.53 Å². The minimum atomic E-state index is -0.764. The second kappa shape index (κ2) is 6.74. The molecule has 1 amide bonds. The zero-order valence-corrected chi connectivity index (χ0v) is 12.9. The minimum absolute atomic E-state index is 0.209. The first-order chi connectivity index (χ1) is 9.97. The molecule has 0 heterocycles. The summed E-state index contributed by atoms with van der Waals surface area (Å²) in [6.07, 6.45) is 3.58. The summed E-state index contributed by atoms with van der Waals surface area (Å²) in [7, 11) is 0. The highest BCUT2D eigenvalue weighted by Crippen LogP contribution is 2.18. The van der Waals surface area contributed by atoms with Crippen LogP contribution in [0.4, 0.5) is 0 Å². The van der Waals surface area contributed by atoms with E-state index < -0.39 is 12.1 Å². The maximum atomic E-state index is 12.1. The van der Waals surface area contributed by atoms with E-state index in [0.29, 0.717) is 5.56 Å². The minimum Gasteiger partial charge on any atom is -0.449 e. The first-order valence-electron chi connectivity index (χ1n) is 7.56. The van der Waals surface area contributed by atoms with Gasteiger partial charge in [0.1, 0.15) is 0 Å². The predicted molar refractivity (Wildman–Crippen MR) is 81.2 cm³/mol. The van der Waals surface area contributed by atoms with Gasteiger partial charge in [0.15, 0.2) is 6.10 Å². The molecule has 1 aliphatic rings. The van der Waals surface area contributed by atoms with Crippen LogP contribution in [0, 0.1) is 13.8 Å². The Kier molecular flexibility index (Phi) is 4.99. The van der Waals surface area contributed by atoms with E-state index in [-0.39, 0.29) is 11.9 Å². The molecule has 0 saturated heterocycles. The van der Waals surface area contributed by atoms with Crippen molar-refractivity contribution in [2.45, 2.75) is 58.6 Å². The van der Waals surface area contributed by atoms with Gasteiger partial charge in [0.05, 0.1) is 5.56 Å². The summed E-state index contributed by atoms with van der Waals surface area (Å²) in [5, 5.41) is 2.94. The molecule has 21 heavy (non-hydrogen) atoms. The summed E-state index contributed by atoms with van der Waals surface area (Å²) < 4.78 is 5.25. The van der Waals surface area contributed by atoms with E-state index in [0.717, 1.165) is 36.8 Å². The van der Waals surface area contributed by atoms with Gasteiger partial charge in [-0.25, -0.2) is 4.79 Å². The van der Waals surface area contributed by atoms with E-state index in [2.05, 4.69) is 5.32 Å². The van der Waals surface area contributed by atoms with Gasteiger partial charge in [0.25, 0.3) is 5.91 Å². The maximum Gasteiger partial charge on any atom is 0.338 e. The van der Waals surface area contributed by atoms with Crippen molar-refractivity contribution in [2.75, 3.05) is 0 Å². The molecule has 0 spiro atoms. The molecular weight excluding hydrogens is 266 g/mol. The SMILES string of the molecule is Cc1ccc(C(=O)O[C@H](C)C(=O)NC2CCCC2)cc1C. The molecular formula is C17H23NO3. The third-order valence-electron chi connectivity index (χ3n) is 4.10. The standard InChI is InChI=1S/C17H23NO3/c1-11-8-9-14(10-12(11)2)17(20)21-13(3)16(19)18-15-6-4-5-7-15/h8-10,13,15H,4-7H2,1-3H3,(H,18,19)/t13-/m1/s1. The normalized spacial score (nSPS) is 16.5. The molecule has 0 radical (unpaired) electrons. The van der Waals surface area contributed by atoms with Gasteiger partial charge in [-0.1, -0.05) is 18.9 Å². The predicted octanol–water partition coefficient (Wildman–Crippen LogP) is 2.91. The lowest BCUT2D eigenvalue weighted by Crippen LogP contribution is -2.40. The molecule has 1 aliphatic carbocycles. The van der Waals surface area contributed by atoms with Crippen molar-refractivity contribution in [2.24, 2.45) is 0 Å². The molecule has 114 valence electrons. The molecule has 1 aromatic carbocycles. The summed E-state index contributed by atoms with van der Waals surface area (Å²) in [5.74, 6) is -0.661. The van der Waals surface area contributed by atoms with Gasteiger partial charge in [-0.2, -0.15) is 0 Å². The fourth-order valence-electron chi connectivity index (χ4n) is 2.54. The number of amides is 1. The zero-order chi connectivity index (χ0) is 15.4. The van der Waals surface area contributed by atoms with E-state index in [1.54, 1.807) is 19.1 Å². The molecule has 0 bridgehead atoms. The van der Waals surface area contributed by atoms with Gasteiger partial charge >= 0.3 is 5.97 Å². The zero-order valence-electron chi connectivity index (χ0n) is 12.9. The molecule has 4 heteroatoms. The second-order valence-electron chi connectivity index (χ2n) is 5.84. The maximum absolute atomic E-state index is 12.1. The molecule has 2 rings (SSSR count). The molecule has 1 fully saturated rings. The highest BCUT2D eigenvalue weighted by Gasteiger charge is 2.23. The molecule has 1 atom stereocenters. The van der Waals surface area contributed by atoms with Crippen molar-refractivity contribution in [1.29, 1.82) is 0 Å². The number of esters is 1. The Balaban J connectivity index is 1.91. The van der Waals surface area contributed by atoms with E-state index >= 15 is 0 Å². The number of benzene rings is 1. The lowest BCUT2D eigenvalue weighted by molar-refractivity contribution is -0.129. The number of carbonyl (C=O) groups excluding carboxylic acids is 2. The van der Waals surface area contributed by atoms with Crippen LogP contribution in [0.5, 0.6) is 0 Å². The molecule has 1 N–H and O–H groups in total. The van der Waals surface area contributed by atoms with Gasteiger partial charge in [0.2, 0.25) is 0 Å². The summed E-state index contributed by atoms with van der Waals surface area (Å²) >= 11 is 0. The number of hydrogen-bond acceptors (Lipinski definition) is 3. The Bertz CT molecular complexity index is 533.